The van der Waals surface area contributed by atoms with Gasteiger partial charge in [-0.15, -0.1) is 0 Å². The second-order valence-electron chi connectivity index (χ2n) is 4.68. The zero-order valence-corrected chi connectivity index (χ0v) is 12.6. The van der Waals surface area contributed by atoms with E-state index < -0.39 is 11.9 Å². The van der Waals surface area contributed by atoms with Gasteiger partial charge >= 0.3 is 0 Å². The van der Waals surface area contributed by atoms with E-state index in [0.29, 0.717) is 21.3 Å². The third-order valence-corrected chi connectivity index (χ3v) is 3.51. The molecule has 1 aromatic carbocycles. The van der Waals surface area contributed by atoms with Crippen LogP contribution in [-0.2, 0) is 0 Å². The van der Waals surface area contributed by atoms with E-state index in [2.05, 4.69) is 10.5 Å². The second kappa shape index (κ2) is 6.10. The molecule has 0 bridgehead atoms. The maximum Gasteiger partial charge on any atom is 0.128 e. The fraction of sp³-hybridized carbons (Fsp3) is 0.308. The summed E-state index contributed by atoms with van der Waals surface area (Å²) >= 11 is 12.1. The van der Waals surface area contributed by atoms with E-state index >= 15 is 0 Å². The molecule has 0 amide bonds. The Morgan fingerprint density at radius 2 is 2.05 bits per heavy atom. The van der Waals surface area contributed by atoms with Gasteiger partial charge in [0, 0.05) is 16.6 Å². The lowest BCUT2D eigenvalue weighted by atomic mass is 10.0. The molecule has 0 spiro atoms. The molecule has 1 unspecified atom stereocenters. The summed E-state index contributed by atoms with van der Waals surface area (Å²) in [5.41, 5.74) is 3.51. The number of nitrogens with one attached hydrogen (secondary N) is 1. The Labute approximate surface area is 126 Å². The first kappa shape index (κ1) is 15.3. The number of aromatic nitrogens is 2. The van der Waals surface area contributed by atoms with E-state index in [1.807, 2.05) is 13.8 Å². The van der Waals surface area contributed by atoms with E-state index in [1.54, 1.807) is 4.68 Å². The topological polar surface area (TPSA) is 55.9 Å². The normalized spacial score (nSPS) is 12.9. The van der Waals surface area contributed by atoms with Crippen LogP contribution >= 0.6 is 23.2 Å². The summed E-state index contributed by atoms with van der Waals surface area (Å²) in [5, 5.41) is 5.04. The lowest BCUT2D eigenvalue weighted by Gasteiger charge is -2.21. The van der Waals surface area contributed by atoms with Crippen LogP contribution in [-0.4, -0.2) is 9.78 Å². The van der Waals surface area contributed by atoms with Crippen molar-refractivity contribution in [1.29, 1.82) is 0 Å². The molecule has 0 fully saturated rings. The molecule has 7 heteroatoms. The Hall–Kier alpha value is -1.14. The van der Waals surface area contributed by atoms with Crippen LogP contribution in [0.4, 0.5) is 4.39 Å². The molecule has 0 saturated carbocycles. The van der Waals surface area contributed by atoms with Gasteiger partial charge in [0.15, 0.2) is 0 Å². The molecule has 2 aromatic rings. The van der Waals surface area contributed by atoms with Crippen molar-refractivity contribution in [2.75, 3.05) is 0 Å². The van der Waals surface area contributed by atoms with E-state index in [9.17, 15) is 4.39 Å². The van der Waals surface area contributed by atoms with Crippen molar-refractivity contribution in [3.8, 4) is 0 Å². The summed E-state index contributed by atoms with van der Waals surface area (Å²) in [4.78, 5) is 0. The molecule has 0 aliphatic rings. The van der Waals surface area contributed by atoms with Crippen LogP contribution in [0, 0.1) is 5.82 Å². The van der Waals surface area contributed by atoms with Crippen LogP contribution in [0.2, 0.25) is 10.0 Å². The van der Waals surface area contributed by atoms with Crippen molar-refractivity contribution in [2.24, 2.45) is 5.84 Å². The molecular formula is C13H15Cl2FN4. The van der Waals surface area contributed by atoms with Gasteiger partial charge in [0.05, 0.1) is 23.0 Å². The predicted molar refractivity (Wildman–Crippen MR) is 78.2 cm³/mol. The zero-order valence-electron chi connectivity index (χ0n) is 11.1. The lowest BCUT2D eigenvalue weighted by Crippen LogP contribution is -2.32. The van der Waals surface area contributed by atoms with Gasteiger partial charge in [-0.25, -0.2) is 9.82 Å². The molecule has 2 rings (SSSR count). The SMILES string of the molecule is CC(C)n1ncc(Cl)c1C(NN)c1cc(Cl)ccc1F. The Morgan fingerprint density at radius 3 is 2.65 bits per heavy atom. The average molecular weight is 317 g/mol. The molecule has 20 heavy (non-hydrogen) atoms. The van der Waals surface area contributed by atoms with Crippen LogP contribution in [0.5, 0.6) is 0 Å². The first-order valence-electron chi connectivity index (χ1n) is 6.09. The number of rotatable bonds is 4. The number of halogens is 3. The van der Waals surface area contributed by atoms with Crippen molar-refractivity contribution in [2.45, 2.75) is 25.9 Å². The standard InChI is InChI=1S/C13H15Cl2FN4/c1-7(2)20-13(10(15)6-18-20)12(19-17)9-5-8(14)3-4-11(9)16/h3-7,12,19H,17H2,1-2H3. The minimum Gasteiger partial charge on any atom is -0.271 e. The van der Waals surface area contributed by atoms with Crippen LogP contribution < -0.4 is 11.3 Å². The van der Waals surface area contributed by atoms with Crippen LogP contribution in [0.25, 0.3) is 0 Å². The summed E-state index contributed by atoms with van der Waals surface area (Å²) in [6.45, 7) is 3.91. The van der Waals surface area contributed by atoms with E-state index in [1.165, 1.54) is 24.4 Å². The number of nitrogens with zero attached hydrogens (tertiary/aromatic N) is 2. The maximum absolute atomic E-state index is 14.0. The van der Waals surface area contributed by atoms with Crippen LogP contribution in [0.1, 0.15) is 37.2 Å². The molecule has 1 aromatic heterocycles. The molecule has 0 aliphatic carbocycles. The molecule has 0 aliphatic heterocycles. The number of benzene rings is 1. The molecule has 108 valence electrons. The van der Waals surface area contributed by atoms with E-state index in [-0.39, 0.29) is 6.04 Å². The van der Waals surface area contributed by atoms with Gasteiger partial charge in [0.2, 0.25) is 0 Å². The van der Waals surface area contributed by atoms with Crippen molar-refractivity contribution in [3.05, 3.63) is 51.5 Å². The third-order valence-electron chi connectivity index (χ3n) is 2.99. The summed E-state index contributed by atoms with van der Waals surface area (Å²) in [7, 11) is 0. The number of hydrogen-bond acceptors (Lipinski definition) is 3. The minimum absolute atomic E-state index is 0.0654. The van der Waals surface area contributed by atoms with Crippen molar-refractivity contribution < 1.29 is 4.39 Å². The summed E-state index contributed by atoms with van der Waals surface area (Å²) in [6, 6.07) is 3.73. The molecule has 1 heterocycles. The minimum atomic E-state index is -0.633. The van der Waals surface area contributed by atoms with Gasteiger partial charge in [-0.3, -0.25) is 10.5 Å². The van der Waals surface area contributed by atoms with E-state index in [0.717, 1.165) is 0 Å². The smallest absolute Gasteiger partial charge is 0.128 e. The highest BCUT2D eigenvalue weighted by molar-refractivity contribution is 6.31. The Balaban J connectivity index is 2.58. The largest absolute Gasteiger partial charge is 0.271 e. The molecule has 0 radical (unpaired) electrons. The van der Waals surface area contributed by atoms with Crippen molar-refractivity contribution in [3.63, 3.8) is 0 Å². The highest BCUT2D eigenvalue weighted by Gasteiger charge is 2.25. The zero-order chi connectivity index (χ0) is 14.9. The Bertz CT molecular complexity index is 612. The highest BCUT2D eigenvalue weighted by atomic mass is 35.5. The fourth-order valence-electron chi connectivity index (χ4n) is 2.08. The predicted octanol–water partition coefficient (Wildman–Crippen LogP) is 3.46. The molecule has 3 N–H and O–H groups in total. The van der Waals surface area contributed by atoms with Gasteiger partial charge in [0.1, 0.15) is 5.82 Å². The molecule has 4 nitrogen and oxygen atoms in total. The Kier molecular flexibility index (Phi) is 4.65. The van der Waals surface area contributed by atoms with Crippen molar-refractivity contribution in [1.82, 2.24) is 15.2 Å². The first-order valence-corrected chi connectivity index (χ1v) is 6.85. The number of hydrazine groups is 1. The first-order chi connectivity index (χ1) is 9.45. The fourth-order valence-corrected chi connectivity index (χ4v) is 2.50. The lowest BCUT2D eigenvalue weighted by molar-refractivity contribution is 0.467. The van der Waals surface area contributed by atoms with Gasteiger partial charge in [-0.2, -0.15) is 5.10 Å². The van der Waals surface area contributed by atoms with E-state index in [4.69, 9.17) is 29.0 Å². The summed E-state index contributed by atoms with van der Waals surface area (Å²) in [5.74, 6) is 5.18. The number of nitrogens with two attached hydrogens (primary N) is 1. The number of hydrogen-bond donors (Lipinski definition) is 2. The van der Waals surface area contributed by atoms with Gasteiger partial charge in [-0.05, 0) is 32.0 Å². The summed E-state index contributed by atoms with van der Waals surface area (Å²) in [6.07, 6.45) is 1.52. The monoisotopic (exact) mass is 316 g/mol. The van der Waals surface area contributed by atoms with Gasteiger partial charge in [-0.1, -0.05) is 23.2 Å². The van der Waals surface area contributed by atoms with Gasteiger partial charge in [0.25, 0.3) is 0 Å². The molecule has 1 atom stereocenters. The summed E-state index contributed by atoms with van der Waals surface area (Å²) < 4.78 is 15.7. The maximum atomic E-state index is 14.0. The third kappa shape index (κ3) is 2.81. The highest BCUT2D eigenvalue weighted by Crippen LogP contribution is 2.32. The van der Waals surface area contributed by atoms with Crippen LogP contribution in [0.15, 0.2) is 24.4 Å². The molecular weight excluding hydrogens is 302 g/mol. The second-order valence-corrected chi connectivity index (χ2v) is 5.53. The molecule has 0 saturated heterocycles. The Morgan fingerprint density at radius 1 is 1.35 bits per heavy atom. The quantitative estimate of drug-likeness (QED) is 0.671. The van der Waals surface area contributed by atoms with Gasteiger partial charge < -0.3 is 0 Å². The average Bonchev–Trinajstić information content (AvgIpc) is 2.77. The van der Waals surface area contributed by atoms with Crippen molar-refractivity contribution >= 4 is 23.2 Å². The van der Waals surface area contributed by atoms with Crippen LogP contribution in [0.3, 0.4) is 0 Å².